The van der Waals surface area contributed by atoms with Crippen LogP contribution in [0.1, 0.15) is 56.2 Å². The fourth-order valence-corrected chi connectivity index (χ4v) is 2.77. The molecule has 0 spiro atoms. The predicted molar refractivity (Wildman–Crippen MR) is 59.7 cm³/mol. The zero-order valence-electron chi connectivity index (χ0n) is 9.10. The van der Waals surface area contributed by atoms with Crippen LogP contribution in [0.3, 0.4) is 0 Å². The molecule has 15 heavy (non-hydrogen) atoms. The van der Waals surface area contributed by atoms with E-state index in [-0.39, 0.29) is 0 Å². The van der Waals surface area contributed by atoms with Crippen LogP contribution in [-0.4, -0.2) is 15.6 Å². The topological polar surface area (TPSA) is 43.8 Å². The van der Waals surface area contributed by atoms with Crippen LogP contribution in [0.2, 0.25) is 0 Å². The Labute approximate surface area is 90.7 Å². The van der Waals surface area contributed by atoms with Gasteiger partial charge in [-0.25, -0.2) is 4.98 Å². The van der Waals surface area contributed by atoms with E-state index in [2.05, 4.69) is 9.55 Å². The lowest BCUT2D eigenvalue weighted by atomic mass is 9.90. The van der Waals surface area contributed by atoms with Crippen LogP contribution in [0, 0.1) is 0 Å². The standard InChI is InChI=1S/C12H19N3/c13-10-3-1-2-4-11(10)15-8-14-7-12(15)9-5-6-9/h7-11H,1-6,13H2/t10-,11-/m1/s1. The fraction of sp³-hybridized carbons (Fsp3) is 0.750. The first-order valence-corrected chi connectivity index (χ1v) is 6.13. The van der Waals surface area contributed by atoms with Crippen LogP contribution in [0.15, 0.2) is 12.5 Å². The highest BCUT2D eigenvalue weighted by Crippen LogP contribution is 2.42. The average molecular weight is 205 g/mol. The molecule has 2 fully saturated rings. The summed E-state index contributed by atoms with van der Waals surface area (Å²) in [4.78, 5) is 4.30. The summed E-state index contributed by atoms with van der Waals surface area (Å²) in [5.41, 5.74) is 7.64. The van der Waals surface area contributed by atoms with Gasteiger partial charge in [0.25, 0.3) is 0 Å². The first-order chi connectivity index (χ1) is 7.36. The highest BCUT2D eigenvalue weighted by Gasteiger charge is 2.31. The molecule has 2 N–H and O–H groups in total. The van der Waals surface area contributed by atoms with Crippen molar-refractivity contribution in [2.75, 3.05) is 0 Å². The van der Waals surface area contributed by atoms with Crippen LogP contribution in [-0.2, 0) is 0 Å². The van der Waals surface area contributed by atoms with Gasteiger partial charge in [0.15, 0.2) is 0 Å². The van der Waals surface area contributed by atoms with E-state index in [1.807, 2.05) is 12.5 Å². The van der Waals surface area contributed by atoms with Gasteiger partial charge in [-0.1, -0.05) is 12.8 Å². The molecule has 3 heteroatoms. The van der Waals surface area contributed by atoms with E-state index in [1.165, 1.54) is 44.2 Å². The minimum atomic E-state index is 0.338. The molecule has 1 aromatic rings. The van der Waals surface area contributed by atoms with Crippen molar-refractivity contribution in [2.45, 2.75) is 56.5 Å². The summed E-state index contributed by atoms with van der Waals surface area (Å²) in [5.74, 6) is 0.779. The molecule has 2 aliphatic carbocycles. The van der Waals surface area contributed by atoms with Gasteiger partial charge in [-0.15, -0.1) is 0 Å². The Hall–Kier alpha value is -0.830. The van der Waals surface area contributed by atoms with Crippen molar-refractivity contribution in [3.05, 3.63) is 18.2 Å². The number of imidazole rings is 1. The van der Waals surface area contributed by atoms with Gasteiger partial charge in [0.05, 0.1) is 6.33 Å². The van der Waals surface area contributed by atoms with Crippen LogP contribution in [0.5, 0.6) is 0 Å². The number of hydrogen-bond donors (Lipinski definition) is 1. The molecule has 2 aliphatic rings. The van der Waals surface area contributed by atoms with Crippen molar-refractivity contribution >= 4 is 0 Å². The molecule has 0 aromatic carbocycles. The van der Waals surface area contributed by atoms with Crippen LogP contribution >= 0.6 is 0 Å². The molecular formula is C12H19N3. The van der Waals surface area contributed by atoms with Crippen molar-refractivity contribution in [3.8, 4) is 0 Å². The maximum Gasteiger partial charge on any atom is 0.0951 e. The van der Waals surface area contributed by atoms with Gasteiger partial charge in [-0.05, 0) is 25.7 Å². The first kappa shape index (κ1) is 9.40. The normalized spacial score (nSPS) is 31.8. The van der Waals surface area contributed by atoms with Gasteiger partial charge in [-0.3, -0.25) is 0 Å². The third kappa shape index (κ3) is 1.69. The smallest absolute Gasteiger partial charge is 0.0951 e. The Bertz CT molecular complexity index is 340. The van der Waals surface area contributed by atoms with Crippen LogP contribution < -0.4 is 5.73 Å². The van der Waals surface area contributed by atoms with Gasteiger partial charge in [0.2, 0.25) is 0 Å². The summed E-state index contributed by atoms with van der Waals surface area (Å²) < 4.78 is 2.36. The van der Waals surface area contributed by atoms with Crippen molar-refractivity contribution in [1.29, 1.82) is 0 Å². The van der Waals surface area contributed by atoms with E-state index >= 15 is 0 Å². The molecule has 0 radical (unpaired) electrons. The molecule has 1 heterocycles. The number of rotatable bonds is 2. The molecule has 1 aromatic heterocycles. The van der Waals surface area contributed by atoms with E-state index in [4.69, 9.17) is 5.73 Å². The summed E-state index contributed by atoms with van der Waals surface area (Å²) in [6.07, 6.45) is 11.7. The fourth-order valence-electron chi connectivity index (χ4n) is 2.77. The zero-order chi connectivity index (χ0) is 10.3. The lowest BCUT2D eigenvalue weighted by Gasteiger charge is -2.30. The minimum absolute atomic E-state index is 0.338. The SMILES string of the molecule is N[C@@H]1CCCC[C@H]1n1cncc1C1CC1. The number of hydrogen-bond acceptors (Lipinski definition) is 2. The zero-order valence-corrected chi connectivity index (χ0v) is 9.10. The molecule has 0 unspecified atom stereocenters. The largest absolute Gasteiger partial charge is 0.330 e. The van der Waals surface area contributed by atoms with Crippen molar-refractivity contribution < 1.29 is 0 Å². The quantitative estimate of drug-likeness (QED) is 0.804. The van der Waals surface area contributed by atoms with E-state index in [0.717, 1.165) is 5.92 Å². The predicted octanol–water partition coefficient (Wildman–Crippen LogP) is 2.20. The molecule has 0 aliphatic heterocycles. The third-order valence-corrected chi connectivity index (χ3v) is 3.83. The lowest BCUT2D eigenvalue weighted by Crippen LogP contribution is -2.35. The second kappa shape index (κ2) is 3.63. The number of nitrogens with zero attached hydrogens (tertiary/aromatic N) is 2. The molecule has 3 nitrogen and oxygen atoms in total. The van der Waals surface area contributed by atoms with Gasteiger partial charge in [-0.2, -0.15) is 0 Å². The molecule has 82 valence electrons. The summed E-state index contributed by atoms with van der Waals surface area (Å²) in [7, 11) is 0. The van der Waals surface area contributed by atoms with E-state index in [0.29, 0.717) is 12.1 Å². The molecule has 0 bridgehead atoms. The lowest BCUT2D eigenvalue weighted by molar-refractivity contribution is 0.301. The van der Waals surface area contributed by atoms with E-state index in [9.17, 15) is 0 Å². The van der Waals surface area contributed by atoms with Crippen LogP contribution in [0.25, 0.3) is 0 Å². The number of nitrogens with two attached hydrogens (primary N) is 1. The van der Waals surface area contributed by atoms with Gasteiger partial charge in [0, 0.05) is 29.9 Å². The maximum absolute atomic E-state index is 6.21. The molecule has 3 rings (SSSR count). The first-order valence-electron chi connectivity index (χ1n) is 6.13. The highest BCUT2D eigenvalue weighted by atomic mass is 15.1. The number of aromatic nitrogens is 2. The Morgan fingerprint density at radius 3 is 2.73 bits per heavy atom. The molecule has 2 atom stereocenters. The third-order valence-electron chi connectivity index (χ3n) is 3.83. The van der Waals surface area contributed by atoms with Gasteiger partial charge < -0.3 is 10.3 Å². The summed E-state index contributed by atoms with van der Waals surface area (Å²) in [6.45, 7) is 0. The summed E-state index contributed by atoms with van der Waals surface area (Å²) in [6, 6.07) is 0.849. The Morgan fingerprint density at radius 2 is 2.00 bits per heavy atom. The highest BCUT2D eigenvalue weighted by molar-refractivity contribution is 5.14. The Balaban J connectivity index is 1.86. The average Bonchev–Trinajstić information content (AvgIpc) is 2.98. The van der Waals surface area contributed by atoms with E-state index in [1.54, 1.807) is 0 Å². The summed E-state index contributed by atoms with van der Waals surface area (Å²) in [5, 5.41) is 0. The van der Waals surface area contributed by atoms with Crippen LogP contribution in [0.4, 0.5) is 0 Å². The second-order valence-corrected chi connectivity index (χ2v) is 5.02. The summed E-state index contributed by atoms with van der Waals surface area (Å²) >= 11 is 0. The monoisotopic (exact) mass is 205 g/mol. The van der Waals surface area contributed by atoms with E-state index < -0.39 is 0 Å². The Kier molecular flexibility index (Phi) is 2.28. The molecule has 0 saturated heterocycles. The molecular weight excluding hydrogens is 186 g/mol. The van der Waals surface area contributed by atoms with Gasteiger partial charge >= 0.3 is 0 Å². The van der Waals surface area contributed by atoms with Crippen molar-refractivity contribution in [1.82, 2.24) is 9.55 Å². The molecule has 2 saturated carbocycles. The second-order valence-electron chi connectivity index (χ2n) is 5.02. The van der Waals surface area contributed by atoms with Crippen molar-refractivity contribution in [3.63, 3.8) is 0 Å². The molecule has 0 amide bonds. The van der Waals surface area contributed by atoms with Gasteiger partial charge in [0.1, 0.15) is 0 Å². The van der Waals surface area contributed by atoms with Crippen molar-refractivity contribution in [2.24, 2.45) is 5.73 Å². The maximum atomic E-state index is 6.21. The minimum Gasteiger partial charge on any atom is -0.330 e. The Morgan fingerprint density at radius 1 is 1.20 bits per heavy atom.